The monoisotopic (exact) mass is 294 g/mol. The molecule has 5 nitrogen and oxygen atoms in total. The number of rotatable bonds is 3. The summed E-state index contributed by atoms with van der Waals surface area (Å²) in [5.74, 6) is 0.401. The zero-order valence-electron chi connectivity index (χ0n) is 11.1. The van der Waals surface area contributed by atoms with E-state index in [0.717, 1.165) is 19.4 Å². The number of aliphatic hydroxyl groups is 1. The number of amides is 2. The zero-order chi connectivity index (χ0) is 14.1. The quantitative estimate of drug-likeness (QED) is 0.862. The van der Waals surface area contributed by atoms with Gasteiger partial charge >= 0.3 is 0 Å². The minimum Gasteiger partial charge on any atom is -0.393 e. The van der Waals surface area contributed by atoms with E-state index in [1.54, 1.807) is 11.0 Å². The second kappa shape index (κ2) is 5.54. The fourth-order valence-corrected chi connectivity index (χ4v) is 3.84. The summed E-state index contributed by atoms with van der Waals surface area (Å²) >= 11 is 1.36. The van der Waals surface area contributed by atoms with Crippen LogP contribution in [-0.2, 0) is 4.79 Å². The summed E-state index contributed by atoms with van der Waals surface area (Å²) in [4.78, 5) is 26.2. The maximum Gasteiger partial charge on any atom is 0.261 e. The van der Waals surface area contributed by atoms with Gasteiger partial charge in [0.25, 0.3) is 5.91 Å². The summed E-state index contributed by atoms with van der Waals surface area (Å²) in [5, 5.41) is 14.3. The van der Waals surface area contributed by atoms with Gasteiger partial charge in [-0.1, -0.05) is 6.07 Å². The van der Waals surface area contributed by atoms with Crippen molar-refractivity contribution in [2.45, 2.75) is 18.9 Å². The molecule has 1 aromatic rings. The summed E-state index contributed by atoms with van der Waals surface area (Å²) in [6.45, 7) is 1.38. The molecule has 1 saturated heterocycles. The first-order chi connectivity index (χ1) is 9.65. The first-order valence-corrected chi connectivity index (χ1v) is 7.80. The molecule has 2 heterocycles. The largest absolute Gasteiger partial charge is 0.393 e. The van der Waals surface area contributed by atoms with Crippen molar-refractivity contribution in [1.29, 1.82) is 0 Å². The lowest BCUT2D eigenvalue weighted by atomic mass is 10.00. The molecule has 1 aromatic heterocycles. The van der Waals surface area contributed by atoms with E-state index < -0.39 is 0 Å². The smallest absolute Gasteiger partial charge is 0.261 e. The maximum atomic E-state index is 12.1. The first-order valence-electron chi connectivity index (χ1n) is 6.92. The van der Waals surface area contributed by atoms with E-state index in [9.17, 15) is 14.7 Å². The number of carbonyl (C=O) groups excluding carboxylic acids is 2. The summed E-state index contributed by atoms with van der Waals surface area (Å²) in [5.41, 5.74) is 0. The lowest BCUT2D eigenvalue weighted by Gasteiger charge is -2.18. The molecule has 108 valence electrons. The van der Waals surface area contributed by atoms with Crippen molar-refractivity contribution < 1.29 is 14.7 Å². The van der Waals surface area contributed by atoms with Crippen molar-refractivity contribution in [3.63, 3.8) is 0 Å². The molecule has 2 N–H and O–H groups in total. The van der Waals surface area contributed by atoms with Gasteiger partial charge in [0.15, 0.2) is 0 Å². The van der Waals surface area contributed by atoms with E-state index >= 15 is 0 Å². The Morgan fingerprint density at radius 1 is 1.40 bits per heavy atom. The number of hydrogen-bond donors (Lipinski definition) is 2. The van der Waals surface area contributed by atoms with E-state index in [4.69, 9.17) is 0 Å². The Balaban J connectivity index is 1.50. The number of nitrogens with zero attached hydrogens (tertiary/aromatic N) is 1. The average molecular weight is 294 g/mol. The molecule has 0 radical (unpaired) electrons. The Hall–Kier alpha value is -1.40. The van der Waals surface area contributed by atoms with Gasteiger partial charge < -0.3 is 15.3 Å². The van der Waals surface area contributed by atoms with Crippen LogP contribution in [0.2, 0.25) is 0 Å². The number of aliphatic hydroxyl groups excluding tert-OH is 1. The fraction of sp³-hybridized carbons (Fsp3) is 0.571. The molecule has 3 unspecified atom stereocenters. The van der Waals surface area contributed by atoms with Gasteiger partial charge in [-0.3, -0.25) is 9.59 Å². The van der Waals surface area contributed by atoms with Crippen LogP contribution in [-0.4, -0.2) is 47.6 Å². The predicted octanol–water partition coefficient (Wildman–Crippen LogP) is 0.707. The van der Waals surface area contributed by atoms with E-state index in [2.05, 4.69) is 5.32 Å². The molecule has 0 aromatic carbocycles. The molecule has 20 heavy (non-hydrogen) atoms. The summed E-state index contributed by atoms with van der Waals surface area (Å²) in [7, 11) is 0. The van der Waals surface area contributed by atoms with Crippen molar-refractivity contribution >= 4 is 23.2 Å². The van der Waals surface area contributed by atoms with Gasteiger partial charge in [-0.15, -0.1) is 11.3 Å². The van der Waals surface area contributed by atoms with Crippen LogP contribution in [0.1, 0.15) is 22.5 Å². The second-order valence-electron chi connectivity index (χ2n) is 5.53. The number of thiophene rings is 1. The SMILES string of the molecule is O=C(NCC(=O)N1CC2CCC(O)C2C1)c1cccs1. The van der Waals surface area contributed by atoms with E-state index in [1.165, 1.54) is 11.3 Å². The Bertz CT molecular complexity index is 503. The van der Waals surface area contributed by atoms with Crippen LogP contribution in [0.25, 0.3) is 0 Å². The second-order valence-corrected chi connectivity index (χ2v) is 6.48. The molecule has 6 heteroatoms. The molecule has 0 bridgehead atoms. The number of likely N-dealkylation sites (tertiary alicyclic amines) is 1. The molecule has 2 fully saturated rings. The molecule has 0 spiro atoms. The minimum absolute atomic E-state index is 0.0340. The van der Waals surface area contributed by atoms with E-state index in [1.807, 2.05) is 11.4 Å². The van der Waals surface area contributed by atoms with Crippen LogP contribution in [0.4, 0.5) is 0 Å². The van der Waals surface area contributed by atoms with Crippen LogP contribution in [0.3, 0.4) is 0 Å². The van der Waals surface area contributed by atoms with Gasteiger partial charge in [0.05, 0.1) is 17.5 Å². The molecule has 1 aliphatic heterocycles. The van der Waals surface area contributed by atoms with Gasteiger partial charge in [0, 0.05) is 19.0 Å². The van der Waals surface area contributed by atoms with Gasteiger partial charge in [0.1, 0.15) is 0 Å². The predicted molar refractivity (Wildman–Crippen MR) is 75.5 cm³/mol. The summed E-state index contributed by atoms with van der Waals surface area (Å²) in [6, 6.07) is 3.55. The van der Waals surface area contributed by atoms with Crippen molar-refractivity contribution in [1.82, 2.24) is 10.2 Å². The standard InChI is InChI=1S/C14H18N2O3S/c17-11-4-3-9-7-16(8-10(9)11)13(18)6-15-14(19)12-2-1-5-20-12/h1-2,5,9-11,17H,3-4,6-8H2,(H,15,19). The molecule has 2 amide bonds. The van der Waals surface area contributed by atoms with Crippen LogP contribution in [0.15, 0.2) is 17.5 Å². The third-order valence-corrected chi connectivity index (χ3v) is 5.19. The highest BCUT2D eigenvalue weighted by Gasteiger charge is 2.43. The molecular weight excluding hydrogens is 276 g/mol. The third-order valence-electron chi connectivity index (χ3n) is 4.32. The Morgan fingerprint density at radius 3 is 2.95 bits per heavy atom. The molecular formula is C14H18N2O3S. The maximum absolute atomic E-state index is 12.1. The number of carbonyl (C=O) groups is 2. The van der Waals surface area contributed by atoms with Crippen LogP contribution >= 0.6 is 11.3 Å². The third kappa shape index (κ3) is 2.58. The molecule has 2 aliphatic rings. The van der Waals surface area contributed by atoms with Gasteiger partial charge in [-0.05, 0) is 30.2 Å². The highest BCUT2D eigenvalue weighted by atomic mass is 32.1. The molecule has 3 atom stereocenters. The fourth-order valence-electron chi connectivity index (χ4n) is 3.20. The van der Waals surface area contributed by atoms with Gasteiger partial charge in [0.2, 0.25) is 5.91 Å². The normalized spacial score (nSPS) is 28.4. The van der Waals surface area contributed by atoms with Gasteiger partial charge in [-0.2, -0.15) is 0 Å². The van der Waals surface area contributed by atoms with Crippen LogP contribution in [0.5, 0.6) is 0 Å². The zero-order valence-corrected chi connectivity index (χ0v) is 11.9. The number of hydrogen-bond acceptors (Lipinski definition) is 4. The highest BCUT2D eigenvalue weighted by Crippen LogP contribution is 2.37. The Morgan fingerprint density at radius 2 is 2.25 bits per heavy atom. The van der Waals surface area contributed by atoms with E-state index in [0.29, 0.717) is 17.3 Å². The molecule has 1 aliphatic carbocycles. The number of nitrogens with one attached hydrogen (secondary N) is 1. The Labute approximate surface area is 121 Å². The van der Waals surface area contributed by atoms with E-state index in [-0.39, 0.29) is 30.4 Å². The van der Waals surface area contributed by atoms with Crippen LogP contribution < -0.4 is 5.32 Å². The van der Waals surface area contributed by atoms with Crippen molar-refractivity contribution in [2.75, 3.05) is 19.6 Å². The van der Waals surface area contributed by atoms with Gasteiger partial charge in [-0.25, -0.2) is 0 Å². The lowest BCUT2D eigenvalue weighted by Crippen LogP contribution is -2.39. The molecule has 3 rings (SSSR count). The first kappa shape index (κ1) is 13.6. The summed E-state index contributed by atoms with van der Waals surface area (Å²) < 4.78 is 0. The van der Waals surface area contributed by atoms with Crippen molar-refractivity contribution in [2.24, 2.45) is 11.8 Å². The lowest BCUT2D eigenvalue weighted by molar-refractivity contribution is -0.129. The van der Waals surface area contributed by atoms with Crippen molar-refractivity contribution in [3.05, 3.63) is 22.4 Å². The number of fused-ring (bicyclic) bond motifs is 1. The van der Waals surface area contributed by atoms with Crippen molar-refractivity contribution in [3.8, 4) is 0 Å². The molecule has 1 saturated carbocycles. The summed E-state index contributed by atoms with van der Waals surface area (Å²) in [6.07, 6.45) is 1.59. The van der Waals surface area contributed by atoms with Crippen LogP contribution in [0, 0.1) is 11.8 Å². The highest BCUT2D eigenvalue weighted by molar-refractivity contribution is 7.12. The average Bonchev–Trinajstić information content (AvgIpc) is 3.14. The minimum atomic E-state index is -0.265. The topological polar surface area (TPSA) is 69.6 Å². The Kier molecular flexibility index (Phi) is 3.76.